The van der Waals surface area contributed by atoms with Crippen LogP contribution in [0.15, 0.2) is 0 Å². The van der Waals surface area contributed by atoms with Crippen LogP contribution < -0.4 is 0 Å². The molecule has 12 heavy (non-hydrogen) atoms. The smallest absolute Gasteiger partial charge is 0.0329 e. The lowest BCUT2D eigenvalue weighted by Crippen LogP contribution is -2.31. The van der Waals surface area contributed by atoms with Crippen LogP contribution in [-0.2, 0) is 0 Å². The molecule has 0 heterocycles. The molecule has 3 aliphatic rings. The van der Waals surface area contributed by atoms with Crippen LogP contribution in [0.3, 0.4) is 0 Å². The molecule has 0 bridgehead atoms. The molecular weight excluding hydrogens is 144 g/mol. The second kappa shape index (κ2) is 2.75. The summed E-state index contributed by atoms with van der Waals surface area (Å²) in [5.74, 6) is 4.72. The molecule has 3 aliphatic carbocycles. The Hall–Kier alpha value is 0. The summed E-state index contributed by atoms with van der Waals surface area (Å²) in [4.78, 5) is 0. The number of hydrogen-bond donors (Lipinski definition) is 0. The third kappa shape index (κ3) is 0.963. The molecule has 0 aromatic heterocycles. The zero-order valence-corrected chi connectivity index (χ0v) is 7.97. The van der Waals surface area contributed by atoms with Gasteiger partial charge in [0.05, 0.1) is 0 Å². The molecule has 68 valence electrons. The van der Waals surface area contributed by atoms with Gasteiger partial charge in [0.2, 0.25) is 0 Å². The monoisotopic (exact) mass is 164 g/mol. The van der Waals surface area contributed by atoms with Crippen LogP contribution in [0, 0.1) is 23.7 Å². The van der Waals surface area contributed by atoms with E-state index in [1.165, 1.54) is 23.7 Å². The van der Waals surface area contributed by atoms with E-state index >= 15 is 0 Å². The van der Waals surface area contributed by atoms with Crippen molar-refractivity contribution in [3.8, 4) is 0 Å². The molecule has 0 aliphatic heterocycles. The topological polar surface area (TPSA) is 0 Å². The fourth-order valence-corrected chi connectivity index (χ4v) is 4.46. The van der Waals surface area contributed by atoms with Crippen molar-refractivity contribution in [3.05, 3.63) is 0 Å². The predicted octanol–water partition coefficient (Wildman–Crippen LogP) is 3.61. The molecule has 3 fully saturated rings. The fraction of sp³-hybridized carbons (Fsp3) is 1.00. The van der Waals surface area contributed by atoms with Crippen LogP contribution in [0.2, 0.25) is 0 Å². The molecule has 3 rings (SSSR count). The van der Waals surface area contributed by atoms with Crippen LogP contribution in [0.25, 0.3) is 0 Å². The van der Waals surface area contributed by atoms with Gasteiger partial charge < -0.3 is 0 Å². The van der Waals surface area contributed by atoms with Gasteiger partial charge in [-0.3, -0.25) is 0 Å². The van der Waals surface area contributed by atoms with E-state index in [0.29, 0.717) is 0 Å². The zero-order chi connectivity index (χ0) is 7.97. The maximum absolute atomic E-state index is 1.59. The Balaban J connectivity index is 1.84. The maximum atomic E-state index is 1.59. The Bertz CT molecular complexity index is 155. The third-order valence-corrected chi connectivity index (χ3v) is 4.84. The van der Waals surface area contributed by atoms with E-state index < -0.39 is 0 Å². The molecule has 3 saturated carbocycles. The molecule has 0 unspecified atom stereocenters. The SMILES string of the molecule is C1CC2CCC[C@@H]3CC[C@@H](C1)C23. The molecule has 0 N–H and O–H groups in total. The molecule has 0 radical (unpaired) electrons. The van der Waals surface area contributed by atoms with Crippen LogP contribution in [0.5, 0.6) is 0 Å². The summed E-state index contributed by atoms with van der Waals surface area (Å²) in [6.07, 6.45) is 12.6. The van der Waals surface area contributed by atoms with Gasteiger partial charge in [0.15, 0.2) is 0 Å². The van der Waals surface area contributed by atoms with Crippen molar-refractivity contribution in [1.29, 1.82) is 0 Å². The Morgan fingerprint density at radius 1 is 0.500 bits per heavy atom. The van der Waals surface area contributed by atoms with Crippen molar-refractivity contribution in [2.75, 3.05) is 0 Å². The summed E-state index contributed by atoms with van der Waals surface area (Å²) in [7, 11) is 0. The van der Waals surface area contributed by atoms with E-state index in [2.05, 4.69) is 0 Å². The average Bonchev–Trinajstić information content (AvgIpc) is 2.52. The van der Waals surface area contributed by atoms with Crippen molar-refractivity contribution in [2.45, 2.75) is 51.4 Å². The lowest BCUT2D eigenvalue weighted by Gasteiger charge is -2.40. The average molecular weight is 164 g/mol. The molecule has 0 aromatic carbocycles. The molecule has 0 heteroatoms. The second-order valence-corrected chi connectivity index (χ2v) is 5.30. The molecule has 2 atom stereocenters. The van der Waals surface area contributed by atoms with Gasteiger partial charge in [-0.2, -0.15) is 0 Å². The first-order chi connectivity index (χ1) is 5.95. The van der Waals surface area contributed by atoms with E-state index in [4.69, 9.17) is 0 Å². The van der Waals surface area contributed by atoms with Crippen LogP contribution >= 0.6 is 0 Å². The minimum Gasteiger partial charge on any atom is -0.0528 e. The summed E-state index contributed by atoms with van der Waals surface area (Å²) in [6, 6.07) is 0. The summed E-state index contributed by atoms with van der Waals surface area (Å²) < 4.78 is 0. The highest BCUT2D eigenvalue weighted by Gasteiger charge is 2.44. The van der Waals surface area contributed by atoms with Gasteiger partial charge in [-0.15, -0.1) is 0 Å². The first-order valence-electron chi connectivity index (χ1n) is 5.95. The molecule has 0 nitrogen and oxygen atoms in total. The third-order valence-electron chi connectivity index (χ3n) is 4.84. The molecule has 0 aromatic rings. The summed E-state index contributed by atoms with van der Waals surface area (Å²) in [6.45, 7) is 0. The molecule has 0 spiro atoms. The van der Waals surface area contributed by atoms with Gasteiger partial charge in [-0.25, -0.2) is 0 Å². The summed E-state index contributed by atoms with van der Waals surface area (Å²) in [5, 5.41) is 0. The van der Waals surface area contributed by atoms with Gasteiger partial charge in [-0.05, 0) is 36.5 Å². The van der Waals surface area contributed by atoms with Crippen molar-refractivity contribution in [3.63, 3.8) is 0 Å². The van der Waals surface area contributed by atoms with Crippen LogP contribution in [0.1, 0.15) is 51.4 Å². The van der Waals surface area contributed by atoms with Gasteiger partial charge in [0.1, 0.15) is 0 Å². The van der Waals surface area contributed by atoms with Crippen LogP contribution in [0.4, 0.5) is 0 Å². The summed E-state index contributed by atoms with van der Waals surface area (Å²) >= 11 is 0. The normalized spacial score (nSPS) is 52.0. The Morgan fingerprint density at radius 3 is 1.42 bits per heavy atom. The van der Waals surface area contributed by atoms with Crippen molar-refractivity contribution in [2.24, 2.45) is 23.7 Å². The van der Waals surface area contributed by atoms with E-state index in [1.807, 2.05) is 0 Å². The van der Waals surface area contributed by atoms with E-state index in [-0.39, 0.29) is 0 Å². The minimum atomic E-state index is 1.17. The highest BCUT2D eigenvalue weighted by Crippen LogP contribution is 2.54. The first kappa shape index (κ1) is 7.41. The molecule has 0 saturated heterocycles. The van der Waals surface area contributed by atoms with E-state index in [1.54, 1.807) is 51.4 Å². The van der Waals surface area contributed by atoms with Gasteiger partial charge in [-0.1, -0.05) is 38.5 Å². The molecule has 0 amide bonds. The quantitative estimate of drug-likeness (QED) is 0.513. The minimum absolute atomic E-state index is 1.17. The van der Waals surface area contributed by atoms with Crippen molar-refractivity contribution >= 4 is 0 Å². The highest BCUT2D eigenvalue weighted by molar-refractivity contribution is 4.94. The first-order valence-corrected chi connectivity index (χ1v) is 5.95. The Morgan fingerprint density at radius 2 is 0.917 bits per heavy atom. The number of hydrogen-bond acceptors (Lipinski definition) is 0. The number of rotatable bonds is 0. The second-order valence-electron chi connectivity index (χ2n) is 5.30. The Labute approximate surface area is 75.7 Å². The van der Waals surface area contributed by atoms with Crippen molar-refractivity contribution in [1.82, 2.24) is 0 Å². The predicted molar refractivity (Wildman–Crippen MR) is 50.9 cm³/mol. The Kier molecular flexibility index (Phi) is 1.70. The largest absolute Gasteiger partial charge is 0.0528 e. The van der Waals surface area contributed by atoms with Gasteiger partial charge in [0.25, 0.3) is 0 Å². The standard InChI is InChI=1S/C12H20/c1-3-9-4-2-6-11-8-7-10(5-1)12(9)11/h9-12H,1-8H2/t9?,10-,11-,12?/m1/s1. The van der Waals surface area contributed by atoms with E-state index in [0.717, 1.165) is 0 Å². The van der Waals surface area contributed by atoms with Crippen LogP contribution in [-0.4, -0.2) is 0 Å². The van der Waals surface area contributed by atoms with Gasteiger partial charge >= 0.3 is 0 Å². The van der Waals surface area contributed by atoms with Gasteiger partial charge in [0, 0.05) is 0 Å². The van der Waals surface area contributed by atoms with E-state index in [9.17, 15) is 0 Å². The highest BCUT2D eigenvalue weighted by atomic mass is 14.5. The maximum Gasteiger partial charge on any atom is -0.0329 e. The lowest BCUT2D eigenvalue weighted by atomic mass is 9.65. The summed E-state index contributed by atoms with van der Waals surface area (Å²) in [5.41, 5.74) is 0. The fourth-order valence-electron chi connectivity index (χ4n) is 4.46. The zero-order valence-electron chi connectivity index (χ0n) is 7.97. The van der Waals surface area contributed by atoms with Crippen molar-refractivity contribution < 1.29 is 0 Å². The molecular formula is C12H20. The lowest BCUT2D eigenvalue weighted by molar-refractivity contribution is 0.0951.